The lowest BCUT2D eigenvalue weighted by atomic mass is 9.99. The van der Waals surface area contributed by atoms with E-state index in [2.05, 4.69) is 64.3 Å². The molecule has 5 aliphatic rings. The highest BCUT2D eigenvalue weighted by atomic mass is 31.2. The lowest BCUT2D eigenvalue weighted by Crippen LogP contribution is -2.40. The van der Waals surface area contributed by atoms with Crippen molar-refractivity contribution >= 4 is 63.4 Å². The van der Waals surface area contributed by atoms with Crippen LogP contribution in [-0.2, 0) is 98.1 Å². The molecule has 27 nitrogen and oxygen atoms in total. The topological polar surface area (TPSA) is 320 Å². The minimum absolute atomic E-state index is 0.0169. The average molecular weight is 1830 g/mol. The molecule has 5 aliphatic heterocycles. The first-order valence-corrected chi connectivity index (χ1v) is 48.1. The van der Waals surface area contributed by atoms with E-state index in [-0.39, 0.29) is 72.6 Å². The summed E-state index contributed by atoms with van der Waals surface area (Å²) >= 11 is 0. The quantitative estimate of drug-likeness (QED) is 0.0152. The Hall–Kier alpha value is -8.94. The number of aliphatic hydroxyl groups excluding tert-OH is 1. The Balaban J connectivity index is 0.000000519. The molecule has 5 saturated heterocycles. The number of methoxy groups -OCH3 is 5. The second kappa shape index (κ2) is 57.3. The maximum Gasteiger partial charge on any atom is 0.407 e. The van der Waals surface area contributed by atoms with E-state index in [0.29, 0.717) is 90.7 Å². The molecule has 5 aromatic carbocycles. The predicted octanol–water partition coefficient (Wildman–Crippen LogP) is 20.0. The molecule has 3 N–H and O–H groups in total. The van der Waals surface area contributed by atoms with Gasteiger partial charge >= 0.3 is 21.3 Å². The number of aldehydes is 2. The fourth-order valence-corrected chi connectivity index (χ4v) is 18.4. The summed E-state index contributed by atoms with van der Waals surface area (Å²) < 4.78 is 78.7. The van der Waals surface area contributed by atoms with Gasteiger partial charge in [-0.25, -0.2) is 4.79 Å². The number of benzene rings is 5. The minimum Gasteiger partial charge on any atom is -0.497 e. The van der Waals surface area contributed by atoms with Gasteiger partial charge in [-0.1, -0.05) is 101 Å². The molecule has 5 aromatic rings. The summed E-state index contributed by atoms with van der Waals surface area (Å²) in [6.07, 6.45) is 15.3. The van der Waals surface area contributed by atoms with Gasteiger partial charge in [0.2, 0.25) is 29.5 Å². The first kappa shape index (κ1) is 115. The molecule has 2 atom stereocenters. The fraction of sp³-hybridized carbons (Fsp3) is 0.596. The third-order valence-corrected chi connectivity index (χ3v) is 26.2. The van der Waals surface area contributed by atoms with Crippen molar-refractivity contribution in [3.63, 3.8) is 0 Å². The Morgan fingerprint density at radius 1 is 0.469 bits per heavy atom. The SMILES string of the molecule is CC1(C)CCC(=O)N1.CCCC=O.CCCC=O.CCCCO.CCOP(=O)(OCC)C1CC(C)(C)N(Cc2ccc(OC)cc2)C1=O.CCOP(=O)(OCC)C1CC(C)(C)N(Cc2ccc(OC)cc2)C1=O.CCc1ccc(OC)cc1.COc1ccc(CN2C(=O)C(=CCCNC(=O)OC(C)(C)C)CC2(C)C)cc1.COc1ccc(CN2C(=O)CCC2(C)C)cc1. The van der Waals surface area contributed by atoms with Crippen molar-refractivity contribution in [1.82, 2.24) is 30.2 Å². The van der Waals surface area contributed by atoms with Gasteiger partial charge in [0.05, 0.1) is 62.0 Å². The highest BCUT2D eigenvalue weighted by Crippen LogP contribution is 2.60. The molecule has 128 heavy (non-hydrogen) atoms. The van der Waals surface area contributed by atoms with Crippen LogP contribution in [0.1, 0.15) is 263 Å². The monoisotopic (exact) mass is 1830 g/mol. The van der Waals surface area contributed by atoms with Crippen LogP contribution in [0.4, 0.5) is 4.79 Å². The number of hydrogen-bond donors (Lipinski definition) is 3. The van der Waals surface area contributed by atoms with Crippen molar-refractivity contribution in [2.45, 2.75) is 313 Å². The molecule has 5 heterocycles. The van der Waals surface area contributed by atoms with Gasteiger partial charge < -0.3 is 91.4 Å². The Kier molecular flexibility index (Phi) is 51.5. The van der Waals surface area contributed by atoms with Crippen LogP contribution >= 0.6 is 15.2 Å². The summed E-state index contributed by atoms with van der Waals surface area (Å²) in [4.78, 5) is 99.2. The van der Waals surface area contributed by atoms with Crippen LogP contribution in [0.3, 0.4) is 0 Å². The number of nitrogens with zero attached hydrogens (tertiary/aromatic N) is 4. The largest absolute Gasteiger partial charge is 0.497 e. The number of alkyl carbamates (subject to hydrolysis) is 1. The van der Waals surface area contributed by atoms with Gasteiger partial charge in [0.25, 0.3) is 0 Å². The second-order valence-electron chi connectivity index (χ2n) is 35.3. The van der Waals surface area contributed by atoms with Crippen LogP contribution in [0.25, 0.3) is 0 Å². The van der Waals surface area contributed by atoms with Crippen molar-refractivity contribution in [1.29, 1.82) is 0 Å². The Morgan fingerprint density at radius 3 is 1.05 bits per heavy atom. The van der Waals surface area contributed by atoms with Crippen molar-refractivity contribution in [3.8, 4) is 28.7 Å². The molecule has 0 spiro atoms. The molecule has 5 fully saturated rings. The maximum atomic E-state index is 13.1. The standard InChI is InChI=1S/C22H32N2O4.2C18H28NO5P.C14H19NO2.C9H12O.C6H11NO.C4H10O.2C4H8O/c1-21(2,3)28-20(26)23-13-7-8-17-14-22(4,5)24(19(17)25)15-16-9-11-18(27-6)12-10-16;2*1-6-23-25(21,24-7-2)16-12-18(3,4)19(17(16)20)13-14-8-10-15(22-5)11-9-14;1-14(2)9-8-13(16)15(14)10-11-4-6-12(17-3)7-5-11;1-3-8-4-6-9(10-2)7-5-8;1-6(2)4-3-5(8)7-6;3*1-2-3-4-5/h8-12H,7,13-15H2,1-6H3,(H,23,26);2*8-11,16H,6-7,12-13H2,1-5H3;4-7H,8-10H2,1-3H3;4-7H,3H2,1-2H3;3-4H2,1-2H3,(H,7,8);5H,2-4H2,1H3;2*4H,2-3H2,1H3. The summed E-state index contributed by atoms with van der Waals surface area (Å²) in [6.45, 7) is 45.0. The van der Waals surface area contributed by atoms with E-state index in [4.69, 9.17) is 51.6 Å². The lowest BCUT2D eigenvalue weighted by molar-refractivity contribution is -0.132. The summed E-state index contributed by atoms with van der Waals surface area (Å²) in [5.41, 5.74) is 3.27. The first-order valence-electron chi connectivity index (χ1n) is 44.9. The van der Waals surface area contributed by atoms with Crippen molar-refractivity contribution in [2.24, 2.45) is 0 Å². The smallest absolute Gasteiger partial charge is 0.407 e. The number of carbonyl (C=O) groups excluding carboxylic acids is 8. The summed E-state index contributed by atoms with van der Waals surface area (Å²) in [5.74, 6) is 4.26. The summed E-state index contributed by atoms with van der Waals surface area (Å²) in [6, 6.07) is 39.0. The molecule has 6 amide bonds. The van der Waals surface area contributed by atoms with Gasteiger partial charge in [-0.15, -0.1) is 0 Å². The predicted molar refractivity (Wildman–Crippen MR) is 508 cm³/mol. The van der Waals surface area contributed by atoms with Crippen LogP contribution in [0.15, 0.2) is 133 Å². The number of ether oxygens (including phenoxy) is 6. The van der Waals surface area contributed by atoms with Crippen LogP contribution in [0.2, 0.25) is 0 Å². The molecule has 0 aromatic heterocycles. The number of unbranched alkanes of at least 4 members (excludes halogenated alkanes) is 3. The molecule has 0 radical (unpaired) electrons. The van der Waals surface area contributed by atoms with Gasteiger partial charge in [-0.3, -0.25) is 33.1 Å². The zero-order valence-corrected chi connectivity index (χ0v) is 83.7. The van der Waals surface area contributed by atoms with Crippen molar-refractivity contribution < 1.29 is 99.1 Å². The fourth-order valence-electron chi connectivity index (χ4n) is 14.0. The van der Waals surface area contributed by atoms with Crippen molar-refractivity contribution in [3.05, 3.63) is 161 Å². The highest BCUT2D eigenvalue weighted by molar-refractivity contribution is 7.56. The Bertz CT molecular complexity index is 4080. The van der Waals surface area contributed by atoms with Crippen LogP contribution in [0.5, 0.6) is 28.7 Å². The molecule has 0 bridgehead atoms. The number of nitrogens with one attached hydrogen (secondary N) is 2. The summed E-state index contributed by atoms with van der Waals surface area (Å²) in [7, 11) is 1.27. The lowest BCUT2D eigenvalue weighted by Gasteiger charge is -2.31. The number of amides is 6. The van der Waals surface area contributed by atoms with Gasteiger partial charge in [0, 0.05) is 105 Å². The highest BCUT2D eigenvalue weighted by Gasteiger charge is 2.56. The van der Waals surface area contributed by atoms with Crippen LogP contribution in [0, 0.1) is 0 Å². The van der Waals surface area contributed by atoms with Gasteiger partial charge in [0.1, 0.15) is 58.2 Å². The third-order valence-electron chi connectivity index (χ3n) is 21.4. The van der Waals surface area contributed by atoms with E-state index in [9.17, 15) is 47.5 Å². The van der Waals surface area contributed by atoms with E-state index < -0.39 is 49.3 Å². The molecule has 29 heteroatoms. The zero-order chi connectivity index (χ0) is 96.7. The van der Waals surface area contributed by atoms with E-state index in [1.54, 1.807) is 73.0 Å². The second-order valence-corrected chi connectivity index (χ2v) is 39.7. The van der Waals surface area contributed by atoms with E-state index in [1.165, 1.54) is 5.56 Å². The van der Waals surface area contributed by atoms with E-state index in [1.807, 2.05) is 201 Å². The van der Waals surface area contributed by atoms with Gasteiger partial charge in [-0.2, -0.15) is 0 Å². The average Bonchev–Trinajstić information content (AvgIpc) is 1.62. The van der Waals surface area contributed by atoms with E-state index in [0.717, 1.165) is 114 Å². The molecular weight excluding hydrogens is 1670 g/mol. The normalized spacial score (nSPS) is 17.4. The molecular formula is C99H156N6O21P2. The number of aliphatic hydroxyl groups is 1. The molecule has 0 saturated carbocycles. The molecule has 0 aliphatic carbocycles. The zero-order valence-electron chi connectivity index (χ0n) is 81.9. The van der Waals surface area contributed by atoms with Gasteiger partial charge in [0.15, 0.2) is 0 Å². The van der Waals surface area contributed by atoms with E-state index >= 15 is 0 Å². The van der Waals surface area contributed by atoms with Crippen molar-refractivity contribution in [2.75, 3.05) is 75.1 Å². The molecule has 10 rings (SSSR count). The van der Waals surface area contributed by atoms with Gasteiger partial charge in [-0.05, 0) is 264 Å². The molecule has 2 unspecified atom stereocenters. The number of carbonyl (C=O) groups is 8. The third kappa shape index (κ3) is 39.8. The molecule has 718 valence electrons. The minimum atomic E-state index is -3.47. The van der Waals surface area contributed by atoms with Crippen LogP contribution in [-0.4, -0.2) is 193 Å². The number of aryl methyl sites for hydroxylation is 1. The Morgan fingerprint density at radius 2 is 0.812 bits per heavy atom. The number of hydrogen-bond acceptors (Lipinski definition) is 21. The first-order chi connectivity index (χ1) is 60.3. The van der Waals surface area contributed by atoms with Crippen LogP contribution < -0.4 is 34.3 Å². The number of rotatable bonds is 33. The maximum absolute atomic E-state index is 13.1. The summed E-state index contributed by atoms with van der Waals surface area (Å²) in [5, 5.41) is 13.6. The Labute approximate surface area is 765 Å². The number of likely N-dealkylation sites (tertiary alicyclic amines) is 4.